The molecule has 1 amide bonds. The molecular formula is C30H29F3N6O3. The van der Waals surface area contributed by atoms with Gasteiger partial charge in [-0.25, -0.2) is 9.97 Å². The van der Waals surface area contributed by atoms with Crippen LogP contribution < -0.4 is 5.73 Å². The van der Waals surface area contributed by atoms with Crippen LogP contribution in [0, 0.1) is 5.92 Å². The Morgan fingerprint density at radius 2 is 1.79 bits per heavy atom. The van der Waals surface area contributed by atoms with Gasteiger partial charge in [-0.15, -0.1) is 0 Å². The number of aliphatic hydroxyl groups is 1. The average Bonchev–Trinajstić information content (AvgIpc) is 3.76. The second-order valence-electron chi connectivity index (χ2n) is 10.9. The normalized spacial score (nSPS) is 19.3. The molecule has 4 aromatic rings. The number of alkyl halides is 3. The van der Waals surface area contributed by atoms with Gasteiger partial charge in [0.15, 0.2) is 5.78 Å². The van der Waals surface area contributed by atoms with Gasteiger partial charge in [-0.05, 0) is 37.8 Å². The number of amides is 1. The standard InChI is InChI=1S/C30H29F3N6O3/c31-30(32,33)21-9-10-35-22(13-21)14-24(41)17-1-3-18(4-2-17)25-26-27(34)36-11-12-38(26)28(37-25)20-7-8-23(16-40)39(15-20)29(42)19-5-6-19/h1-4,9-13,19-20,23,40H,5-8,14-16H2,(H2,34,36)/t20-,23-/m0/s1. The van der Waals surface area contributed by atoms with Crippen LogP contribution in [0.15, 0.2) is 55.0 Å². The van der Waals surface area contributed by atoms with Crippen molar-refractivity contribution in [3.8, 4) is 11.3 Å². The van der Waals surface area contributed by atoms with Gasteiger partial charge in [0.2, 0.25) is 5.91 Å². The smallest absolute Gasteiger partial charge is 0.394 e. The molecule has 1 saturated carbocycles. The van der Waals surface area contributed by atoms with E-state index in [-0.39, 0.29) is 54.1 Å². The van der Waals surface area contributed by atoms with Crippen molar-refractivity contribution in [3.63, 3.8) is 0 Å². The van der Waals surface area contributed by atoms with Gasteiger partial charge >= 0.3 is 6.18 Å². The minimum absolute atomic E-state index is 0.0348. The van der Waals surface area contributed by atoms with Crippen LogP contribution in [0.1, 0.15) is 59.0 Å². The lowest BCUT2D eigenvalue weighted by atomic mass is 9.91. The van der Waals surface area contributed by atoms with Gasteiger partial charge in [0.25, 0.3) is 0 Å². The Kier molecular flexibility index (Phi) is 7.17. The number of Topliss-reactive ketones (excluding diaryl/α,β-unsaturated/α-hetero) is 1. The number of hydrogen-bond acceptors (Lipinski definition) is 7. The molecule has 6 rings (SSSR count). The number of rotatable bonds is 7. The molecule has 12 heteroatoms. The molecule has 1 aliphatic heterocycles. The van der Waals surface area contributed by atoms with Crippen LogP contribution in [0.4, 0.5) is 19.0 Å². The highest BCUT2D eigenvalue weighted by Crippen LogP contribution is 2.38. The number of halogens is 3. The zero-order chi connectivity index (χ0) is 29.6. The number of piperidine rings is 1. The highest BCUT2D eigenvalue weighted by Gasteiger charge is 2.40. The molecule has 42 heavy (non-hydrogen) atoms. The van der Waals surface area contributed by atoms with Crippen LogP contribution in [0.2, 0.25) is 0 Å². The number of benzene rings is 1. The van der Waals surface area contributed by atoms with Crippen molar-refractivity contribution in [2.24, 2.45) is 5.92 Å². The highest BCUT2D eigenvalue weighted by atomic mass is 19.4. The van der Waals surface area contributed by atoms with Crippen LogP contribution in [-0.2, 0) is 17.4 Å². The largest absolute Gasteiger partial charge is 0.416 e. The molecule has 1 aliphatic carbocycles. The van der Waals surface area contributed by atoms with Crippen LogP contribution >= 0.6 is 0 Å². The van der Waals surface area contributed by atoms with Crippen molar-refractivity contribution < 1.29 is 27.9 Å². The topological polar surface area (TPSA) is 127 Å². The molecule has 1 saturated heterocycles. The van der Waals surface area contributed by atoms with E-state index in [9.17, 15) is 27.9 Å². The summed E-state index contributed by atoms with van der Waals surface area (Å²) in [5.74, 6) is 0.676. The zero-order valence-corrected chi connectivity index (χ0v) is 22.6. The number of anilines is 1. The number of imidazole rings is 1. The molecular weight excluding hydrogens is 549 g/mol. The van der Waals surface area contributed by atoms with E-state index in [2.05, 4.69) is 9.97 Å². The number of carbonyl (C=O) groups excluding carboxylic acids is 2. The quantitative estimate of drug-likeness (QED) is 0.313. The number of nitrogens with zero attached hydrogens (tertiary/aromatic N) is 5. The highest BCUT2D eigenvalue weighted by molar-refractivity contribution is 5.98. The number of aromatic nitrogens is 4. The predicted octanol–water partition coefficient (Wildman–Crippen LogP) is 4.29. The van der Waals surface area contributed by atoms with E-state index in [0.717, 1.165) is 43.4 Å². The van der Waals surface area contributed by atoms with E-state index in [1.165, 1.54) is 0 Å². The third-order valence-electron chi connectivity index (χ3n) is 8.07. The monoisotopic (exact) mass is 578 g/mol. The van der Waals surface area contributed by atoms with Crippen molar-refractivity contribution in [3.05, 3.63) is 77.6 Å². The molecule has 0 radical (unpaired) electrons. The molecule has 2 fully saturated rings. The Balaban J connectivity index is 1.28. The molecule has 218 valence electrons. The summed E-state index contributed by atoms with van der Waals surface area (Å²) in [5, 5.41) is 9.91. The number of fused-ring (bicyclic) bond motifs is 1. The molecule has 0 bridgehead atoms. The first-order valence-electron chi connectivity index (χ1n) is 13.8. The molecule has 3 N–H and O–H groups in total. The SMILES string of the molecule is Nc1nccn2c([C@H]3CC[C@@H](CO)N(C(=O)C4CC4)C3)nc(-c3ccc(C(=O)Cc4cc(C(F)(F)F)ccn4)cc3)c12. The van der Waals surface area contributed by atoms with Crippen LogP contribution in [0.25, 0.3) is 16.8 Å². The molecule has 0 spiro atoms. The van der Waals surface area contributed by atoms with E-state index in [0.29, 0.717) is 35.3 Å². The van der Waals surface area contributed by atoms with Crippen molar-refractivity contribution >= 4 is 23.0 Å². The molecule has 4 heterocycles. The Labute approximate surface area is 239 Å². The van der Waals surface area contributed by atoms with E-state index in [1.54, 1.807) is 41.6 Å². The number of carbonyl (C=O) groups is 2. The summed E-state index contributed by atoms with van der Waals surface area (Å²) in [6.07, 6.45) is 2.78. The van der Waals surface area contributed by atoms with E-state index >= 15 is 0 Å². The maximum absolute atomic E-state index is 13.1. The van der Waals surface area contributed by atoms with Crippen molar-refractivity contribution in [1.82, 2.24) is 24.3 Å². The summed E-state index contributed by atoms with van der Waals surface area (Å²) in [6.45, 7) is 0.364. The van der Waals surface area contributed by atoms with E-state index in [4.69, 9.17) is 10.7 Å². The number of nitrogen functional groups attached to an aromatic ring is 1. The van der Waals surface area contributed by atoms with Gasteiger partial charge in [-0.2, -0.15) is 13.2 Å². The third kappa shape index (κ3) is 5.34. The molecule has 1 aromatic carbocycles. The number of hydrogen-bond donors (Lipinski definition) is 2. The number of nitrogens with two attached hydrogens (primary N) is 1. The Hall–Kier alpha value is -4.32. The minimum Gasteiger partial charge on any atom is -0.394 e. The second-order valence-corrected chi connectivity index (χ2v) is 10.9. The van der Waals surface area contributed by atoms with Crippen molar-refractivity contribution in [2.75, 3.05) is 18.9 Å². The summed E-state index contributed by atoms with van der Waals surface area (Å²) < 4.78 is 41.1. The fourth-order valence-electron chi connectivity index (χ4n) is 5.67. The fraction of sp³-hybridized carbons (Fsp3) is 0.367. The predicted molar refractivity (Wildman–Crippen MR) is 147 cm³/mol. The summed E-state index contributed by atoms with van der Waals surface area (Å²) in [7, 11) is 0. The minimum atomic E-state index is -4.52. The van der Waals surface area contributed by atoms with Crippen molar-refractivity contribution in [2.45, 2.75) is 50.2 Å². The van der Waals surface area contributed by atoms with Crippen LogP contribution in [-0.4, -0.2) is 60.2 Å². The average molecular weight is 579 g/mol. The zero-order valence-electron chi connectivity index (χ0n) is 22.6. The third-order valence-corrected chi connectivity index (χ3v) is 8.07. The van der Waals surface area contributed by atoms with Gasteiger partial charge in [0.05, 0.1) is 24.6 Å². The number of aliphatic hydroxyl groups excluding tert-OH is 1. The first-order chi connectivity index (χ1) is 20.1. The van der Waals surface area contributed by atoms with Gasteiger partial charge < -0.3 is 15.7 Å². The van der Waals surface area contributed by atoms with Gasteiger partial charge in [-0.1, -0.05) is 24.3 Å². The molecule has 2 aliphatic rings. The van der Waals surface area contributed by atoms with E-state index in [1.807, 2.05) is 4.40 Å². The molecule has 0 unspecified atom stereocenters. The lowest BCUT2D eigenvalue weighted by molar-refractivity contribution is -0.138. The van der Waals surface area contributed by atoms with Gasteiger partial charge in [-0.3, -0.25) is 19.0 Å². The summed E-state index contributed by atoms with van der Waals surface area (Å²) in [4.78, 5) is 40.8. The lowest BCUT2D eigenvalue weighted by Crippen LogP contribution is -2.48. The van der Waals surface area contributed by atoms with E-state index < -0.39 is 11.7 Å². The Morgan fingerprint density at radius 1 is 1.02 bits per heavy atom. The maximum atomic E-state index is 13.1. The number of likely N-dealkylation sites (tertiary alicyclic amines) is 1. The lowest BCUT2D eigenvalue weighted by Gasteiger charge is -2.38. The maximum Gasteiger partial charge on any atom is 0.416 e. The summed E-state index contributed by atoms with van der Waals surface area (Å²) >= 11 is 0. The first kappa shape index (κ1) is 27.8. The second kappa shape index (κ2) is 10.8. The summed E-state index contributed by atoms with van der Waals surface area (Å²) in [5.41, 5.74) is 7.66. The molecule has 2 atom stereocenters. The van der Waals surface area contributed by atoms with Crippen molar-refractivity contribution in [1.29, 1.82) is 0 Å². The van der Waals surface area contributed by atoms with Crippen LogP contribution in [0.3, 0.4) is 0 Å². The Bertz CT molecular complexity index is 1650. The Morgan fingerprint density at radius 3 is 2.48 bits per heavy atom. The fourth-order valence-corrected chi connectivity index (χ4v) is 5.67. The first-order valence-corrected chi connectivity index (χ1v) is 13.8. The van der Waals surface area contributed by atoms with Crippen LogP contribution in [0.5, 0.6) is 0 Å². The summed E-state index contributed by atoms with van der Waals surface area (Å²) in [6, 6.07) is 8.19. The van der Waals surface area contributed by atoms with Gasteiger partial charge in [0.1, 0.15) is 22.9 Å². The number of pyridine rings is 1. The number of ketones is 1. The molecule has 3 aromatic heterocycles. The molecule has 9 nitrogen and oxygen atoms in total. The van der Waals surface area contributed by atoms with Gasteiger partial charge in [0, 0.05) is 53.8 Å².